The van der Waals surface area contributed by atoms with Crippen LogP contribution in [0, 0.1) is 0 Å². The van der Waals surface area contributed by atoms with Gasteiger partial charge >= 0.3 is 152 Å². The second-order valence-corrected chi connectivity index (χ2v) is 13.9. The number of hydrogen-bond donors (Lipinski definition) is 0. The Morgan fingerprint density at radius 2 is 0.931 bits per heavy atom. The number of unbranched alkanes of at least 4 members (excludes halogenated alkanes) is 10. The number of rotatable bonds is 16. The third-order valence-electron chi connectivity index (χ3n) is 3.77. The van der Waals surface area contributed by atoms with Gasteiger partial charge in [0, 0.05) is 0 Å². The molecule has 29 heavy (non-hydrogen) atoms. The standard InChI is InChI=1S/2C8H17.C4H4O4.2CH3.H2S.2Sn/c2*1-3-5-7-8-6-4-2;5-3(6)1-2-4(7)8;;;;;/h2*1,3-8H2,2H3;1-2H,(H,5,6)(H,7,8);2*1H3;1H2;;/q;;;;;;2*+2/p-3/b;;2-1-;;;;;. The fourth-order valence-corrected chi connectivity index (χ4v) is 5.89. The first-order valence-electron chi connectivity index (χ1n) is 10.8. The van der Waals surface area contributed by atoms with E-state index in [0.29, 0.717) is 12.2 Å². The normalized spacial score (nSPS) is 9.10. The number of carbonyl (C=O) groups is 2. The summed E-state index contributed by atoms with van der Waals surface area (Å²) >= 11 is 0.304. The van der Waals surface area contributed by atoms with Crippen molar-refractivity contribution in [2.24, 2.45) is 0 Å². The van der Waals surface area contributed by atoms with Crippen LogP contribution in [0.5, 0.6) is 0 Å². The Hall–Kier alpha value is 0.627. The quantitative estimate of drug-likeness (QED) is 0.0843. The zero-order chi connectivity index (χ0) is 21.9. The molecule has 0 N–H and O–H groups in total. The molecule has 0 saturated carbocycles. The molecule has 0 aliphatic heterocycles. The molecule has 0 amide bonds. The summed E-state index contributed by atoms with van der Waals surface area (Å²) in [5, 5.41) is 18.8. The van der Waals surface area contributed by atoms with Crippen LogP contribution in [0.25, 0.3) is 0 Å². The Morgan fingerprint density at radius 3 is 1.21 bits per heavy atom. The molecule has 7 heteroatoms. The number of carboxylic acid groups (broad SMARTS) is 2. The first-order chi connectivity index (χ1) is 13.5. The van der Waals surface area contributed by atoms with Crippen molar-refractivity contribution in [3.63, 3.8) is 0 Å². The molecule has 168 valence electrons. The maximum atomic E-state index is 9.41. The van der Waals surface area contributed by atoms with Crippen LogP contribution in [0.3, 0.4) is 0 Å². The smallest absolute Gasteiger partial charge is 0.813 e. The van der Waals surface area contributed by atoms with E-state index >= 15 is 0 Å². The van der Waals surface area contributed by atoms with Crippen LogP contribution in [0.4, 0.5) is 0 Å². The van der Waals surface area contributed by atoms with Gasteiger partial charge in [0.2, 0.25) is 0 Å². The van der Waals surface area contributed by atoms with Crippen LogP contribution in [-0.2, 0) is 23.1 Å². The van der Waals surface area contributed by atoms with E-state index in [1.807, 2.05) is 0 Å². The van der Waals surface area contributed by atoms with Crippen molar-refractivity contribution in [3.8, 4) is 0 Å². The van der Waals surface area contributed by atoms with Crippen molar-refractivity contribution in [1.29, 1.82) is 0 Å². The molecule has 0 unspecified atom stereocenters. The molecule has 0 fully saturated rings. The zero-order valence-electron chi connectivity index (χ0n) is 19.1. The Balaban J connectivity index is -0.000000218. The molecule has 4 nitrogen and oxygen atoms in total. The van der Waals surface area contributed by atoms with Crippen molar-refractivity contribution in [2.75, 3.05) is 0 Å². The third-order valence-corrected chi connectivity index (χ3v) is 7.81. The fourth-order valence-electron chi connectivity index (χ4n) is 2.32. The minimum Gasteiger partial charge on any atom is -0.813 e. The molecule has 0 aromatic rings. The van der Waals surface area contributed by atoms with E-state index in [-0.39, 0.29) is 55.8 Å². The molecule has 0 aromatic heterocycles. The Labute approximate surface area is 208 Å². The van der Waals surface area contributed by atoms with Gasteiger partial charge in [0.05, 0.1) is 11.9 Å². The van der Waals surface area contributed by atoms with E-state index < -0.39 is 11.9 Å². The average molecular weight is 641 g/mol. The van der Waals surface area contributed by atoms with Gasteiger partial charge < -0.3 is 33.3 Å². The van der Waals surface area contributed by atoms with Crippen LogP contribution in [0.2, 0.25) is 18.8 Å². The van der Waals surface area contributed by atoms with Crippen LogP contribution in [-0.4, -0.2) is 54.2 Å². The number of carboxylic acids is 2. The minimum atomic E-state index is -1.55. The second-order valence-electron chi connectivity index (χ2n) is 6.76. The van der Waals surface area contributed by atoms with E-state index in [4.69, 9.17) is 0 Å². The van der Waals surface area contributed by atoms with Crippen molar-refractivity contribution < 1.29 is 19.8 Å². The third kappa shape index (κ3) is 52.7. The molecule has 0 heterocycles. The number of aliphatic carboxylic acids is 2. The van der Waals surface area contributed by atoms with Crippen molar-refractivity contribution in [1.82, 2.24) is 0 Å². The van der Waals surface area contributed by atoms with Gasteiger partial charge in [-0.15, -0.1) is 0 Å². The molecule has 0 aromatic carbocycles. The summed E-state index contributed by atoms with van der Waals surface area (Å²) in [6.45, 7) is 4.60. The summed E-state index contributed by atoms with van der Waals surface area (Å²) in [5.74, 6) is -3.09. The van der Waals surface area contributed by atoms with Gasteiger partial charge in [-0.05, 0) is 12.2 Å². The van der Waals surface area contributed by atoms with Crippen molar-refractivity contribution in [2.45, 2.75) is 110 Å². The first-order valence-corrected chi connectivity index (χ1v) is 20.6. The summed E-state index contributed by atoms with van der Waals surface area (Å²) in [6.07, 6.45) is 18.6. The van der Waals surface area contributed by atoms with Crippen LogP contribution in [0.15, 0.2) is 12.2 Å². The Kier molecular flexibility index (Phi) is 45.9. The molecule has 0 aliphatic rings. The number of thiol groups is 1. The van der Waals surface area contributed by atoms with E-state index in [1.54, 1.807) is 21.7 Å². The topological polar surface area (TPSA) is 80.3 Å². The molecular weight excluding hydrogens is 598 g/mol. The van der Waals surface area contributed by atoms with E-state index in [2.05, 4.69) is 23.7 Å². The molecule has 0 spiro atoms. The molecule has 0 radical (unpaired) electrons. The van der Waals surface area contributed by atoms with E-state index in [0.717, 1.165) is 0 Å². The van der Waals surface area contributed by atoms with Gasteiger partial charge in [-0.25, -0.2) is 0 Å². The van der Waals surface area contributed by atoms with Crippen molar-refractivity contribution in [3.05, 3.63) is 12.2 Å². The van der Waals surface area contributed by atoms with Gasteiger partial charge in [-0.3, -0.25) is 0 Å². The Morgan fingerprint density at radius 1 is 0.655 bits per heavy atom. The maximum Gasteiger partial charge on any atom is -0.813 e. The van der Waals surface area contributed by atoms with Crippen molar-refractivity contribution >= 4 is 67.7 Å². The summed E-state index contributed by atoms with van der Waals surface area (Å²) in [6, 6.07) is 0. The Bertz CT molecular complexity index is 324. The largest absolute Gasteiger partial charge is 0.813 e. The van der Waals surface area contributed by atoms with Crippen LogP contribution in [0.1, 0.15) is 90.9 Å². The van der Waals surface area contributed by atoms with Crippen LogP contribution >= 0.6 is 0 Å². The molecule has 0 atom stereocenters. The predicted molar refractivity (Wildman–Crippen MR) is 128 cm³/mol. The molecule has 0 rings (SSSR count). The molecule has 0 saturated heterocycles. The second kappa shape index (κ2) is 36.0. The van der Waals surface area contributed by atoms with E-state index in [1.165, 1.54) is 64.2 Å². The summed E-state index contributed by atoms with van der Waals surface area (Å²) < 4.78 is 3.31. The molecule has 0 bridgehead atoms. The average Bonchev–Trinajstić information content (AvgIpc) is 2.65. The van der Waals surface area contributed by atoms with Gasteiger partial charge in [0.25, 0.3) is 0 Å². The summed E-state index contributed by atoms with van der Waals surface area (Å²) in [7, 11) is 0. The zero-order valence-corrected chi connectivity index (χ0v) is 25.7. The fraction of sp³-hybridized carbons (Fsp3) is 0.818. The summed E-state index contributed by atoms with van der Waals surface area (Å²) in [4.78, 5) is 23.4. The first kappa shape index (κ1) is 37.0. The SMILES string of the molecule is CCCCCCC[CH2][Sn+2][CH2]CCCCCCC.O=C([O-])/C=C\C(=O)[O-].[CH3][Sn+2][CH3].[SH-]. The van der Waals surface area contributed by atoms with Gasteiger partial charge in [-0.2, -0.15) is 0 Å². The van der Waals surface area contributed by atoms with Gasteiger partial charge in [0.1, 0.15) is 0 Å². The monoisotopic (exact) mass is 643 g/mol. The summed E-state index contributed by atoms with van der Waals surface area (Å²) in [5.41, 5.74) is 0. The van der Waals surface area contributed by atoms with Gasteiger partial charge in [0.15, 0.2) is 0 Å². The molecular formula is C22H43O4SSn2+. The maximum absolute atomic E-state index is 9.41. The van der Waals surface area contributed by atoms with Gasteiger partial charge in [-0.1, -0.05) is 0 Å². The van der Waals surface area contributed by atoms with E-state index in [9.17, 15) is 19.8 Å². The van der Waals surface area contributed by atoms with Crippen LogP contribution < -0.4 is 10.2 Å². The number of hydrogen-bond acceptors (Lipinski definition) is 5. The minimum absolute atomic E-state index is 0. The molecule has 0 aliphatic carbocycles. The number of carbonyl (C=O) groups excluding carboxylic acids is 2. The predicted octanol–water partition coefficient (Wildman–Crippen LogP) is 3.81.